The summed E-state index contributed by atoms with van der Waals surface area (Å²) in [7, 11) is -3.85. The molecule has 2 aromatic carbocycles. The predicted molar refractivity (Wildman–Crippen MR) is 144 cm³/mol. The van der Waals surface area contributed by atoms with E-state index in [4.69, 9.17) is 19.8 Å². The van der Waals surface area contributed by atoms with Gasteiger partial charge < -0.3 is 19.8 Å². The summed E-state index contributed by atoms with van der Waals surface area (Å²) in [4.78, 5) is 38.0. The Morgan fingerprint density at radius 3 is 2.30 bits per heavy atom. The zero-order chi connectivity index (χ0) is 31.9. The Morgan fingerprint density at radius 2 is 1.72 bits per heavy atom. The number of nitrogens with one attached hydrogen (secondary N) is 1. The van der Waals surface area contributed by atoms with Crippen molar-refractivity contribution < 1.29 is 56.1 Å². The van der Waals surface area contributed by atoms with Gasteiger partial charge in [0.2, 0.25) is 5.91 Å². The lowest BCUT2D eigenvalue weighted by atomic mass is 9.86. The Labute approximate surface area is 243 Å². The highest BCUT2D eigenvalue weighted by Crippen LogP contribution is 2.29. The molecule has 3 aromatic rings. The number of carboxylic acid groups (broad SMARTS) is 2. The minimum absolute atomic E-state index is 0.0376. The van der Waals surface area contributed by atoms with Crippen molar-refractivity contribution in [2.45, 2.75) is 31.0 Å². The molecule has 4 rings (SSSR count). The summed E-state index contributed by atoms with van der Waals surface area (Å²) in [6.07, 6.45) is -6.15. The van der Waals surface area contributed by atoms with Crippen LogP contribution in [0.15, 0.2) is 59.5 Å². The van der Waals surface area contributed by atoms with Crippen LogP contribution in [0, 0.1) is 18.8 Å². The smallest absolute Gasteiger partial charge is 0.489 e. The summed E-state index contributed by atoms with van der Waals surface area (Å²) in [5.41, 5.74) is 4.26. The number of halogens is 3. The third-order valence-electron chi connectivity index (χ3n) is 6.63. The maximum absolute atomic E-state index is 13.1. The van der Waals surface area contributed by atoms with Crippen LogP contribution in [0.25, 0.3) is 10.9 Å². The lowest BCUT2D eigenvalue weighted by Gasteiger charge is -2.35. The molecule has 0 radical (unpaired) electrons. The molecular weight excluding hydrogens is 599 g/mol. The first kappa shape index (κ1) is 33.1. The first-order valence-corrected chi connectivity index (χ1v) is 14.3. The molecule has 2 amide bonds. The Balaban J connectivity index is 0.000000646. The van der Waals surface area contributed by atoms with Gasteiger partial charge in [0.15, 0.2) is 9.84 Å². The average Bonchev–Trinajstić information content (AvgIpc) is 2.95. The maximum Gasteiger partial charge on any atom is 0.490 e. The van der Waals surface area contributed by atoms with Gasteiger partial charge in [-0.25, -0.2) is 23.5 Å². The normalized spacial score (nSPS) is 17.0. The van der Waals surface area contributed by atoms with E-state index in [-0.39, 0.29) is 31.0 Å². The molecule has 12 nitrogen and oxygen atoms in total. The zero-order valence-electron chi connectivity index (χ0n) is 22.6. The minimum atomic E-state index is -5.08. The number of para-hydroxylation sites is 1. The predicted octanol–water partition coefficient (Wildman–Crippen LogP) is 3.65. The first-order chi connectivity index (χ1) is 20.1. The van der Waals surface area contributed by atoms with Gasteiger partial charge in [-0.1, -0.05) is 18.2 Å². The topological polar surface area (TPSA) is 183 Å². The number of aryl methyl sites for hydroxylation is 1. The third-order valence-corrected chi connectivity index (χ3v) is 8.49. The Morgan fingerprint density at radius 1 is 1.09 bits per heavy atom. The number of aromatic nitrogens is 1. The maximum atomic E-state index is 13.1. The Kier molecular flexibility index (Phi) is 10.5. The van der Waals surface area contributed by atoms with Gasteiger partial charge in [-0.2, -0.15) is 13.2 Å². The molecule has 0 aliphatic carbocycles. The number of sulfone groups is 1. The molecule has 0 saturated carbocycles. The van der Waals surface area contributed by atoms with Crippen molar-refractivity contribution >= 4 is 38.7 Å². The van der Waals surface area contributed by atoms with E-state index in [1.165, 1.54) is 12.1 Å². The number of fused-ring (bicyclic) bond motifs is 1. The van der Waals surface area contributed by atoms with Crippen LogP contribution in [0.2, 0.25) is 0 Å². The van der Waals surface area contributed by atoms with Gasteiger partial charge in [-0.05, 0) is 49.7 Å². The monoisotopic (exact) mass is 627 g/mol. The van der Waals surface area contributed by atoms with Gasteiger partial charge >= 0.3 is 18.2 Å². The van der Waals surface area contributed by atoms with Gasteiger partial charge in [-0.3, -0.25) is 15.0 Å². The molecule has 43 heavy (non-hydrogen) atoms. The number of pyridine rings is 1. The van der Waals surface area contributed by atoms with E-state index in [9.17, 15) is 36.3 Å². The average molecular weight is 628 g/mol. The largest absolute Gasteiger partial charge is 0.490 e. The number of ether oxygens (including phenoxy) is 1. The van der Waals surface area contributed by atoms with E-state index in [1.807, 2.05) is 37.3 Å². The molecule has 1 aliphatic heterocycles. The molecule has 1 aromatic heterocycles. The summed E-state index contributed by atoms with van der Waals surface area (Å²) >= 11 is 0. The van der Waals surface area contributed by atoms with Crippen LogP contribution < -0.4 is 10.2 Å². The number of alkyl halides is 3. The fraction of sp³-hybridized carbons (Fsp3) is 0.333. The van der Waals surface area contributed by atoms with Crippen LogP contribution in [0.3, 0.4) is 0 Å². The SMILES string of the molecule is Cc1cc(COc2ccc(S(=O)(=O)C[C@@H]3CN(C(=O)O)CC[C@@H]3C(=O)NO)cc2)c2ccccc2n1.O=C(O)C(F)(F)F. The number of piperidine rings is 1. The highest BCUT2D eigenvalue weighted by Gasteiger charge is 2.39. The second kappa shape index (κ2) is 13.7. The lowest BCUT2D eigenvalue weighted by molar-refractivity contribution is -0.192. The molecule has 1 aliphatic rings. The number of likely N-dealkylation sites (tertiary alicyclic amines) is 1. The standard InChI is InChI=1S/C25H27N3O7S.C2HF3O2/c1-16-12-17(21-4-2-3-5-23(21)26-16)14-35-19-6-8-20(9-7-19)36(33,34)15-18-13-28(25(30)31)11-10-22(18)24(29)27-32;3-2(4,5)1(6)7/h2-9,12,18,22,32H,10-11,13-15H2,1H3,(H,27,29)(H,30,31);(H,6,7)/t18-,22-;/m0./s1. The van der Waals surface area contributed by atoms with Crippen molar-refractivity contribution in [2.75, 3.05) is 18.8 Å². The van der Waals surface area contributed by atoms with Gasteiger partial charge in [-0.15, -0.1) is 0 Å². The van der Waals surface area contributed by atoms with Crippen LogP contribution in [0.4, 0.5) is 18.0 Å². The summed E-state index contributed by atoms with van der Waals surface area (Å²) in [6, 6.07) is 15.7. The molecular formula is C27H28F3N3O9S. The number of carbonyl (C=O) groups excluding carboxylic acids is 1. The number of carboxylic acids is 1. The number of hydrogen-bond donors (Lipinski definition) is 4. The van der Waals surface area contributed by atoms with Gasteiger partial charge in [0.1, 0.15) is 12.4 Å². The molecule has 2 heterocycles. The van der Waals surface area contributed by atoms with Crippen molar-refractivity contribution in [3.8, 4) is 5.75 Å². The highest BCUT2D eigenvalue weighted by atomic mass is 32.2. The summed E-state index contributed by atoms with van der Waals surface area (Å²) in [6.45, 7) is 2.16. The summed E-state index contributed by atoms with van der Waals surface area (Å²) in [5.74, 6) is -5.04. The Bertz CT molecular complexity index is 1580. The van der Waals surface area contributed by atoms with Crippen molar-refractivity contribution in [3.05, 3.63) is 65.9 Å². The second-order valence-corrected chi connectivity index (χ2v) is 11.7. The fourth-order valence-electron chi connectivity index (χ4n) is 4.60. The Hall–Kier alpha value is -4.44. The molecule has 0 unspecified atom stereocenters. The molecule has 1 saturated heterocycles. The quantitative estimate of drug-likeness (QED) is 0.223. The zero-order valence-corrected chi connectivity index (χ0v) is 23.4. The number of hydrogen-bond acceptors (Lipinski definition) is 8. The van der Waals surface area contributed by atoms with E-state index in [2.05, 4.69) is 4.98 Å². The molecule has 0 spiro atoms. The molecule has 0 bridgehead atoms. The number of carbonyl (C=O) groups is 3. The number of aliphatic carboxylic acids is 1. The van der Waals surface area contributed by atoms with Crippen molar-refractivity contribution in [1.29, 1.82) is 0 Å². The molecule has 4 N–H and O–H groups in total. The van der Waals surface area contributed by atoms with E-state index < -0.39 is 51.6 Å². The van der Waals surface area contributed by atoms with Crippen molar-refractivity contribution in [2.24, 2.45) is 11.8 Å². The molecule has 232 valence electrons. The lowest BCUT2D eigenvalue weighted by Crippen LogP contribution is -2.49. The van der Waals surface area contributed by atoms with Crippen molar-refractivity contribution in [3.63, 3.8) is 0 Å². The van der Waals surface area contributed by atoms with E-state index in [0.29, 0.717) is 5.75 Å². The van der Waals surface area contributed by atoms with Crippen LogP contribution in [0.1, 0.15) is 17.7 Å². The van der Waals surface area contributed by atoms with E-state index >= 15 is 0 Å². The number of nitrogens with zero attached hydrogens (tertiary/aromatic N) is 2. The minimum Gasteiger partial charge on any atom is -0.489 e. The van der Waals surface area contributed by atoms with Gasteiger partial charge in [0, 0.05) is 41.6 Å². The van der Waals surface area contributed by atoms with Crippen LogP contribution >= 0.6 is 0 Å². The fourth-order valence-corrected chi connectivity index (χ4v) is 6.24. The second-order valence-electron chi connectivity index (χ2n) is 9.64. The highest BCUT2D eigenvalue weighted by molar-refractivity contribution is 7.91. The van der Waals surface area contributed by atoms with Gasteiger partial charge in [0.05, 0.1) is 16.2 Å². The van der Waals surface area contributed by atoms with Crippen LogP contribution in [0.5, 0.6) is 5.75 Å². The van der Waals surface area contributed by atoms with E-state index in [0.717, 1.165) is 27.1 Å². The van der Waals surface area contributed by atoms with Crippen LogP contribution in [-0.4, -0.2) is 76.7 Å². The van der Waals surface area contributed by atoms with Crippen LogP contribution in [-0.2, 0) is 26.0 Å². The van der Waals surface area contributed by atoms with E-state index in [1.54, 1.807) is 17.6 Å². The number of hydroxylamine groups is 1. The molecule has 2 atom stereocenters. The third kappa shape index (κ3) is 8.78. The molecule has 16 heteroatoms. The summed E-state index contributed by atoms with van der Waals surface area (Å²) in [5, 5.41) is 26.4. The number of benzene rings is 2. The number of amides is 2. The number of rotatable bonds is 7. The van der Waals surface area contributed by atoms with Crippen molar-refractivity contribution in [1.82, 2.24) is 15.4 Å². The summed E-state index contributed by atoms with van der Waals surface area (Å²) < 4.78 is 63.8. The molecule has 1 fully saturated rings. The van der Waals surface area contributed by atoms with Gasteiger partial charge in [0.25, 0.3) is 0 Å². The first-order valence-electron chi connectivity index (χ1n) is 12.6.